The summed E-state index contributed by atoms with van der Waals surface area (Å²) in [5.41, 5.74) is 0.266. The third-order valence-electron chi connectivity index (χ3n) is 3.00. The van der Waals surface area contributed by atoms with Crippen LogP contribution in [0.4, 0.5) is 0 Å². The van der Waals surface area contributed by atoms with Crippen LogP contribution in [-0.2, 0) is 9.47 Å². The van der Waals surface area contributed by atoms with Crippen molar-refractivity contribution in [3.63, 3.8) is 0 Å². The number of hydrogen-bond acceptors (Lipinski definition) is 4. The molecule has 0 unspecified atom stereocenters. The van der Waals surface area contributed by atoms with Gasteiger partial charge < -0.3 is 19.3 Å². The van der Waals surface area contributed by atoms with Crippen LogP contribution in [-0.4, -0.2) is 44.6 Å². The third-order valence-corrected chi connectivity index (χ3v) is 3.00. The topological polar surface area (TPSA) is 65.0 Å². The Bertz CT molecular complexity index is 609. The van der Waals surface area contributed by atoms with Gasteiger partial charge in [0.15, 0.2) is 0 Å². The molecule has 0 spiro atoms. The molecule has 1 N–H and O–H groups in total. The average Bonchev–Trinajstić information content (AvgIpc) is 2.50. The minimum absolute atomic E-state index is 0.266. The van der Waals surface area contributed by atoms with Crippen LogP contribution in [0.1, 0.15) is 10.4 Å². The molecule has 0 fully saturated rings. The lowest BCUT2D eigenvalue weighted by Crippen LogP contribution is -2.10. The van der Waals surface area contributed by atoms with Crippen molar-refractivity contribution in [2.45, 2.75) is 0 Å². The normalized spacial score (nSPS) is 10.7. The molecule has 5 heteroatoms. The molecule has 0 radical (unpaired) electrons. The smallest absolute Gasteiger partial charge is 0.335 e. The van der Waals surface area contributed by atoms with E-state index in [0.717, 1.165) is 16.5 Å². The van der Waals surface area contributed by atoms with Crippen molar-refractivity contribution < 1.29 is 24.1 Å². The monoisotopic (exact) mass is 290 g/mol. The fourth-order valence-electron chi connectivity index (χ4n) is 1.97. The van der Waals surface area contributed by atoms with Crippen LogP contribution in [0.2, 0.25) is 0 Å². The molecule has 0 aliphatic carbocycles. The highest BCUT2D eigenvalue weighted by molar-refractivity contribution is 5.96. The van der Waals surface area contributed by atoms with Gasteiger partial charge >= 0.3 is 5.97 Å². The number of ether oxygens (including phenoxy) is 3. The molecule has 0 atom stereocenters. The average molecular weight is 290 g/mol. The summed E-state index contributed by atoms with van der Waals surface area (Å²) >= 11 is 0. The Morgan fingerprint density at radius 3 is 2.67 bits per heavy atom. The van der Waals surface area contributed by atoms with Crippen LogP contribution >= 0.6 is 0 Å². The molecule has 0 saturated carbocycles. The largest absolute Gasteiger partial charge is 0.491 e. The number of hydrogen-bond donors (Lipinski definition) is 1. The van der Waals surface area contributed by atoms with Crippen molar-refractivity contribution in [2.24, 2.45) is 0 Å². The van der Waals surface area contributed by atoms with E-state index in [-0.39, 0.29) is 5.56 Å². The maximum absolute atomic E-state index is 11.0. The van der Waals surface area contributed by atoms with E-state index in [4.69, 9.17) is 19.3 Å². The van der Waals surface area contributed by atoms with Crippen LogP contribution in [0.25, 0.3) is 10.8 Å². The third kappa shape index (κ3) is 4.18. The Morgan fingerprint density at radius 2 is 1.90 bits per heavy atom. The van der Waals surface area contributed by atoms with Crippen molar-refractivity contribution in [2.75, 3.05) is 33.5 Å². The zero-order valence-electron chi connectivity index (χ0n) is 11.9. The summed E-state index contributed by atoms with van der Waals surface area (Å²) in [6.07, 6.45) is 0. The van der Waals surface area contributed by atoms with Gasteiger partial charge in [-0.2, -0.15) is 0 Å². The van der Waals surface area contributed by atoms with Gasteiger partial charge in [0.2, 0.25) is 0 Å². The summed E-state index contributed by atoms with van der Waals surface area (Å²) < 4.78 is 15.9. The fraction of sp³-hybridized carbons (Fsp3) is 0.312. The minimum Gasteiger partial charge on any atom is -0.491 e. The van der Waals surface area contributed by atoms with E-state index < -0.39 is 5.97 Å². The maximum Gasteiger partial charge on any atom is 0.335 e. The Morgan fingerprint density at radius 1 is 1.10 bits per heavy atom. The first-order valence-electron chi connectivity index (χ1n) is 6.68. The summed E-state index contributed by atoms with van der Waals surface area (Å²) in [6, 6.07) is 10.5. The van der Waals surface area contributed by atoms with Crippen LogP contribution < -0.4 is 4.74 Å². The molecule has 0 aliphatic rings. The first-order chi connectivity index (χ1) is 10.2. The van der Waals surface area contributed by atoms with E-state index in [1.807, 2.05) is 18.2 Å². The molecule has 0 aliphatic heterocycles. The van der Waals surface area contributed by atoms with Crippen LogP contribution in [0.15, 0.2) is 36.4 Å². The Hall–Kier alpha value is -2.11. The molecule has 2 aromatic rings. The Balaban J connectivity index is 2.01. The summed E-state index contributed by atoms with van der Waals surface area (Å²) in [5.74, 6) is -0.213. The van der Waals surface area contributed by atoms with E-state index in [1.54, 1.807) is 25.3 Å². The summed E-state index contributed by atoms with van der Waals surface area (Å²) in [7, 11) is 1.63. The second-order valence-corrected chi connectivity index (χ2v) is 4.45. The van der Waals surface area contributed by atoms with E-state index >= 15 is 0 Å². The second kappa shape index (κ2) is 7.61. The number of aromatic carboxylic acids is 1. The Labute approximate surface area is 123 Å². The SMILES string of the molecule is COCCOCCOc1cccc2cc(C(=O)O)ccc12. The van der Waals surface area contributed by atoms with Crippen LogP contribution in [0.5, 0.6) is 5.75 Å². The fourth-order valence-corrected chi connectivity index (χ4v) is 1.97. The van der Waals surface area contributed by atoms with E-state index in [9.17, 15) is 4.79 Å². The highest BCUT2D eigenvalue weighted by Gasteiger charge is 2.06. The predicted octanol–water partition coefficient (Wildman–Crippen LogP) is 2.58. The lowest BCUT2D eigenvalue weighted by molar-refractivity contribution is 0.0547. The van der Waals surface area contributed by atoms with Crippen molar-refractivity contribution in [1.82, 2.24) is 0 Å². The number of carboxylic acids is 1. The van der Waals surface area contributed by atoms with Gasteiger partial charge in [-0.1, -0.05) is 12.1 Å². The number of carbonyl (C=O) groups is 1. The van der Waals surface area contributed by atoms with Crippen LogP contribution in [0.3, 0.4) is 0 Å². The second-order valence-electron chi connectivity index (χ2n) is 4.45. The van der Waals surface area contributed by atoms with Gasteiger partial charge in [0.25, 0.3) is 0 Å². The first-order valence-corrected chi connectivity index (χ1v) is 6.68. The lowest BCUT2D eigenvalue weighted by atomic mass is 10.1. The molecule has 0 aromatic heterocycles. The number of rotatable bonds is 8. The minimum atomic E-state index is -0.935. The van der Waals surface area contributed by atoms with Gasteiger partial charge in [-0.05, 0) is 29.7 Å². The molecule has 21 heavy (non-hydrogen) atoms. The predicted molar refractivity (Wildman–Crippen MR) is 79.1 cm³/mol. The molecular formula is C16H18O5. The number of methoxy groups -OCH3 is 1. The Kier molecular flexibility index (Phi) is 5.54. The highest BCUT2D eigenvalue weighted by atomic mass is 16.5. The van der Waals surface area contributed by atoms with Crippen LogP contribution in [0, 0.1) is 0 Å². The molecule has 112 valence electrons. The lowest BCUT2D eigenvalue weighted by Gasteiger charge is -2.10. The number of benzene rings is 2. The van der Waals surface area contributed by atoms with Gasteiger partial charge in [0.1, 0.15) is 12.4 Å². The molecular weight excluding hydrogens is 272 g/mol. The number of carboxylic acid groups (broad SMARTS) is 1. The quantitative estimate of drug-likeness (QED) is 0.757. The van der Waals surface area contributed by atoms with Crippen molar-refractivity contribution in [1.29, 1.82) is 0 Å². The van der Waals surface area contributed by atoms with Crippen molar-refractivity contribution in [3.8, 4) is 5.75 Å². The molecule has 0 saturated heterocycles. The van der Waals surface area contributed by atoms with Gasteiger partial charge in [0, 0.05) is 12.5 Å². The zero-order chi connectivity index (χ0) is 15.1. The molecule has 0 amide bonds. The maximum atomic E-state index is 11.0. The molecule has 0 heterocycles. The number of fused-ring (bicyclic) bond motifs is 1. The zero-order valence-corrected chi connectivity index (χ0v) is 11.9. The van der Waals surface area contributed by atoms with Crippen molar-refractivity contribution >= 4 is 16.7 Å². The summed E-state index contributed by atoms with van der Waals surface area (Å²) in [4.78, 5) is 11.0. The van der Waals surface area contributed by atoms with E-state index in [1.165, 1.54) is 0 Å². The van der Waals surface area contributed by atoms with E-state index in [0.29, 0.717) is 26.4 Å². The molecule has 0 bridgehead atoms. The standard InChI is InChI=1S/C16H18O5/c1-19-7-8-20-9-10-21-15-4-2-3-12-11-13(16(17)18)5-6-14(12)15/h2-6,11H,7-10H2,1H3,(H,17,18). The summed E-state index contributed by atoms with van der Waals surface area (Å²) in [5, 5.41) is 10.7. The van der Waals surface area contributed by atoms with E-state index in [2.05, 4.69) is 0 Å². The molecule has 5 nitrogen and oxygen atoms in total. The molecule has 2 rings (SSSR count). The molecule has 2 aromatic carbocycles. The van der Waals surface area contributed by atoms with Crippen molar-refractivity contribution in [3.05, 3.63) is 42.0 Å². The highest BCUT2D eigenvalue weighted by Crippen LogP contribution is 2.26. The summed E-state index contributed by atoms with van der Waals surface area (Å²) in [6.45, 7) is 2.01. The van der Waals surface area contributed by atoms with Gasteiger partial charge in [0.05, 0.1) is 25.4 Å². The van der Waals surface area contributed by atoms with Gasteiger partial charge in [-0.25, -0.2) is 4.79 Å². The van der Waals surface area contributed by atoms with Gasteiger partial charge in [-0.15, -0.1) is 0 Å². The first kappa shape index (κ1) is 15.3. The van der Waals surface area contributed by atoms with Gasteiger partial charge in [-0.3, -0.25) is 0 Å².